The Balaban J connectivity index is 4.49. The van der Waals surface area contributed by atoms with Crippen LogP contribution in [0, 0.1) is 0 Å². The van der Waals surface area contributed by atoms with E-state index in [-0.39, 0.29) is 25.4 Å². The molecular weight excluding hydrogens is 240 g/mol. The Morgan fingerprint density at radius 2 is 1.59 bits per heavy atom. The summed E-state index contributed by atoms with van der Waals surface area (Å²) in [5.74, 6) is -0.752. The highest BCUT2D eigenvalue weighted by Gasteiger charge is 2.26. The van der Waals surface area contributed by atoms with Gasteiger partial charge in [-0.2, -0.15) is 0 Å². The Morgan fingerprint density at radius 3 is 1.94 bits per heavy atom. The molecule has 0 aliphatic heterocycles. The molecular formula is C11H21O5Si. The van der Waals surface area contributed by atoms with E-state index in [4.69, 9.17) is 9.47 Å². The molecule has 5 nitrogen and oxygen atoms in total. The molecule has 0 heterocycles. The minimum Gasteiger partial charge on any atom is -0.458 e. The summed E-state index contributed by atoms with van der Waals surface area (Å²) in [4.78, 5) is 22.4. The second-order valence-corrected chi connectivity index (χ2v) is 4.30. The van der Waals surface area contributed by atoms with E-state index in [9.17, 15) is 14.7 Å². The van der Waals surface area contributed by atoms with Gasteiger partial charge in [-0.25, -0.2) is 0 Å². The van der Waals surface area contributed by atoms with Crippen LogP contribution in [0.2, 0.25) is 6.04 Å². The number of hydrogen-bond donors (Lipinski definition) is 1. The number of rotatable bonds is 8. The predicted octanol–water partition coefficient (Wildman–Crippen LogP) is 0.0638. The monoisotopic (exact) mass is 261 g/mol. The topological polar surface area (TPSA) is 72.8 Å². The van der Waals surface area contributed by atoms with Gasteiger partial charge in [-0.1, -0.05) is 19.9 Å². The minimum absolute atomic E-state index is 0.235. The van der Waals surface area contributed by atoms with Gasteiger partial charge in [0.2, 0.25) is 0 Å². The zero-order valence-corrected chi connectivity index (χ0v) is 11.9. The third-order valence-electron chi connectivity index (χ3n) is 2.23. The fourth-order valence-electron chi connectivity index (χ4n) is 1.26. The van der Waals surface area contributed by atoms with E-state index < -0.39 is 18.2 Å². The molecule has 0 amide bonds. The van der Waals surface area contributed by atoms with Gasteiger partial charge in [0.05, 0.1) is 6.61 Å². The minimum atomic E-state index is -0.761. The van der Waals surface area contributed by atoms with E-state index in [1.165, 1.54) is 0 Å². The Bertz CT molecular complexity index is 244. The van der Waals surface area contributed by atoms with Crippen molar-refractivity contribution >= 4 is 22.2 Å². The summed E-state index contributed by atoms with van der Waals surface area (Å²) in [7, 11) is 1.74. The highest BCUT2D eigenvalue weighted by atomic mass is 28.1. The molecule has 99 valence electrons. The number of aliphatic hydroxyl groups excluding tert-OH is 1. The first kappa shape index (κ1) is 16.1. The molecule has 0 rings (SSSR count). The van der Waals surface area contributed by atoms with Gasteiger partial charge in [-0.15, -0.1) is 0 Å². The highest BCUT2D eigenvalue weighted by molar-refractivity contribution is 6.08. The number of carbonyl (C=O) groups is 2. The molecule has 0 saturated heterocycles. The van der Waals surface area contributed by atoms with E-state index >= 15 is 0 Å². The second kappa shape index (κ2) is 9.18. The van der Waals surface area contributed by atoms with Crippen molar-refractivity contribution in [2.24, 2.45) is 0 Å². The van der Waals surface area contributed by atoms with Gasteiger partial charge >= 0.3 is 11.9 Å². The average Bonchev–Trinajstić information content (AvgIpc) is 2.34. The number of hydrogen-bond acceptors (Lipinski definition) is 5. The molecule has 0 aliphatic carbocycles. The van der Waals surface area contributed by atoms with Crippen LogP contribution >= 0.6 is 0 Å². The van der Waals surface area contributed by atoms with Crippen LogP contribution in [0.25, 0.3) is 0 Å². The zero-order chi connectivity index (χ0) is 13.3. The fourth-order valence-corrected chi connectivity index (χ4v) is 1.66. The smallest absolute Gasteiger partial charge is 0.305 e. The molecule has 2 atom stereocenters. The standard InChI is InChI=1S/C11H21O5Si/c1-3-10(13)15-8(5-6-17)9(7-12)16-11(14)4-2/h8-9,12H,3-7,17H2,1-2H3. The fraction of sp³-hybridized carbons (Fsp3) is 0.818. The van der Waals surface area contributed by atoms with Crippen molar-refractivity contribution in [3.63, 3.8) is 0 Å². The molecule has 0 fully saturated rings. The third kappa shape index (κ3) is 6.43. The van der Waals surface area contributed by atoms with Crippen LogP contribution in [0.4, 0.5) is 0 Å². The molecule has 0 bridgehead atoms. The first-order valence-electron chi connectivity index (χ1n) is 5.88. The largest absolute Gasteiger partial charge is 0.458 e. The van der Waals surface area contributed by atoms with Crippen LogP contribution in [0.1, 0.15) is 33.1 Å². The summed E-state index contributed by atoms with van der Waals surface area (Å²) in [6, 6.07) is 0.807. The lowest BCUT2D eigenvalue weighted by molar-refractivity contribution is -0.171. The molecule has 6 heteroatoms. The molecule has 1 radical (unpaired) electrons. The number of aliphatic hydroxyl groups is 1. The van der Waals surface area contributed by atoms with E-state index in [1.54, 1.807) is 24.1 Å². The number of carbonyl (C=O) groups excluding carboxylic acids is 2. The molecule has 0 aromatic rings. The Morgan fingerprint density at radius 1 is 1.12 bits per heavy atom. The second-order valence-electron chi connectivity index (χ2n) is 3.59. The third-order valence-corrected chi connectivity index (χ3v) is 2.63. The normalized spacial score (nSPS) is 13.9. The summed E-state index contributed by atoms with van der Waals surface area (Å²) in [6.07, 6.45) is -0.240. The predicted molar refractivity (Wildman–Crippen MR) is 65.4 cm³/mol. The van der Waals surface area contributed by atoms with Gasteiger partial charge in [0.25, 0.3) is 0 Å². The quantitative estimate of drug-likeness (QED) is 0.494. The molecule has 2 unspecified atom stereocenters. The van der Waals surface area contributed by atoms with Crippen molar-refractivity contribution in [2.75, 3.05) is 6.61 Å². The summed E-state index contributed by atoms with van der Waals surface area (Å²) in [5, 5.41) is 9.19. The molecule has 0 aromatic carbocycles. The van der Waals surface area contributed by atoms with Gasteiger partial charge in [-0.3, -0.25) is 9.59 Å². The molecule has 0 spiro atoms. The van der Waals surface area contributed by atoms with E-state index in [2.05, 4.69) is 0 Å². The van der Waals surface area contributed by atoms with Crippen molar-refractivity contribution in [3.8, 4) is 0 Å². The lowest BCUT2D eigenvalue weighted by Gasteiger charge is -2.25. The van der Waals surface area contributed by atoms with Crippen LogP contribution in [-0.2, 0) is 19.1 Å². The molecule has 0 aliphatic rings. The maximum atomic E-state index is 11.2. The number of ether oxygens (including phenoxy) is 2. The lowest BCUT2D eigenvalue weighted by atomic mass is 10.1. The maximum absolute atomic E-state index is 11.2. The van der Waals surface area contributed by atoms with Gasteiger partial charge < -0.3 is 14.6 Å². The van der Waals surface area contributed by atoms with Crippen molar-refractivity contribution in [1.29, 1.82) is 0 Å². The van der Waals surface area contributed by atoms with Crippen molar-refractivity contribution in [1.82, 2.24) is 0 Å². The zero-order valence-electron chi connectivity index (χ0n) is 10.5. The maximum Gasteiger partial charge on any atom is 0.305 e. The Labute approximate surface area is 105 Å². The van der Waals surface area contributed by atoms with E-state index in [0.717, 1.165) is 6.04 Å². The molecule has 0 saturated carbocycles. The summed E-state index contributed by atoms with van der Waals surface area (Å²) in [5.41, 5.74) is 0. The van der Waals surface area contributed by atoms with Crippen LogP contribution < -0.4 is 0 Å². The van der Waals surface area contributed by atoms with Gasteiger partial charge in [0, 0.05) is 23.1 Å². The van der Waals surface area contributed by atoms with Crippen molar-refractivity contribution in [2.45, 2.75) is 51.4 Å². The van der Waals surface area contributed by atoms with E-state index in [1.807, 2.05) is 0 Å². The van der Waals surface area contributed by atoms with Crippen molar-refractivity contribution in [3.05, 3.63) is 0 Å². The SMILES string of the molecule is CCC(=O)OC(CO)C(CC[SiH2])OC(=O)CC. The van der Waals surface area contributed by atoms with E-state index in [0.29, 0.717) is 6.42 Å². The molecule has 1 N–H and O–H groups in total. The molecule has 17 heavy (non-hydrogen) atoms. The summed E-state index contributed by atoms with van der Waals surface area (Å²) < 4.78 is 10.2. The van der Waals surface area contributed by atoms with Crippen LogP contribution in [0.3, 0.4) is 0 Å². The summed E-state index contributed by atoms with van der Waals surface area (Å²) >= 11 is 0. The average molecular weight is 261 g/mol. The van der Waals surface area contributed by atoms with Gasteiger partial charge in [-0.05, 0) is 6.42 Å². The van der Waals surface area contributed by atoms with Crippen LogP contribution in [0.5, 0.6) is 0 Å². The Kier molecular flexibility index (Phi) is 8.70. The van der Waals surface area contributed by atoms with Crippen LogP contribution in [-0.4, -0.2) is 46.1 Å². The molecule has 0 aromatic heterocycles. The van der Waals surface area contributed by atoms with Gasteiger partial charge in [0.1, 0.15) is 6.10 Å². The Hall–Kier alpha value is -0.883. The first-order chi connectivity index (χ1) is 8.08. The highest BCUT2D eigenvalue weighted by Crippen LogP contribution is 2.12. The van der Waals surface area contributed by atoms with Crippen molar-refractivity contribution < 1.29 is 24.2 Å². The van der Waals surface area contributed by atoms with Crippen LogP contribution in [0.15, 0.2) is 0 Å². The number of esters is 2. The lowest BCUT2D eigenvalue weighted by Crippen LogP contribution is -2.37. The first-order valence-corrected chi connectivity index (χ1v) is 6.88. The van der Waals surface area contributed by atoms with Gasteiger partial charge in [0.15, 0.2) is 6.10 Å². The summed E-state index contributed by atoms with van der Waals surface area (Å²) in [6.45, 7) is 3.03.